The first-order chi connectivity index (χ1) is 8.47. The SMILES string of the molecule is Cc1nc(N)c(C)c(Nc2ccc(Cl)c(F)c2)n1. The molecule has 2 rings (SSSR count). The number of nitrogens with two attached hydrogens (primary N) is 1. The molecule has 94 valence electrons. The molecule has 0 saturated heterocycles. The van der Waals surface area contributed by atoms with Crippen molar-refractivity contribution in [1.29, 1.82) is 0 Å². The molecule has 0 unspecified atom stereocenters. The van der Waals surface area contributed by atoms with Gasteiger partial charge in [-0.2, -0.15) is 0 Å². The summed E-state index contributed by atoms with van der Waals surface area (Å²) in [5.74, 6) is 1.02. The first-order valence-corrected chi connectivity index (χ1v) is 5.68. The zero-order chi connectivity index (χ0) is 13.3. The Bertz CT molecular complexity index is 601. The molecule has 0 atom stereocenters. The smallest absolute Gasteiger partial charge is 0.143 e. The second kappa shape index (κ2) is 4.78. The van der Waals surface area contributed by atoms with Gasteiger partial charge in [0.25, 0.3) is 0 Å². The van der Waals surface area contributed by atoms with Crippen LogP contribution in [0.3, 0.4) is 0 Å². The van der Waals surface area contributed by atoms with Crippen molar-refractivity contribution in [3.8, 4) is 0 Å². The van der Waals surface area contributed by atoms with Crippen LogP contribution in [0, 0.1) is 19.7 Å². The molecule has 2 aromatic rings. The summed E-state index contributed by atoms with van der Waals surface area (Å²) in [5, 5.41) is 3.07. The Hall–Kier alpha value is -1.88. The zero-order valence-electron chi connectivity index (χ0n) is 9.96. The lowest BCUT2D eigenvalue weighted by molar-refractivity contribution is 0.629. The molecule has 4 nitrogen and oxygen atoms in total. The highest BCUT2D eigenvalue weighted by Gasteiger charge is 2.08. The number of nitrogens with one attached hydrogen (secondary N) is 1. The molecule has 0 fully saturated rings. The van der Waals surface area contributed by atoms with Crippen LogP contribution in [0.2, 0.25) is 5.02 Å². The highest BCUT2D eigenvalue weighted by molar-refractivity contribution is 6.30. The van der Waals surface area contributed by atoms with Gasteiger partial charge in [-0.1, -0.05) is 11.6 Å². The third-order valence-electron chi connectivity index (χ3n) is 2.48. The Morgan fingerprint density at radius 2 is 2.00 bits per heavy atom. The molecular weight excluding hydrogens is 255 g/mol. The van der Waals surface area contributed by atoms with E-state index in [1.54, 1.807) is 19.9 Å². The van der Waals surface area contributed by atoms with Gasteiger partial charge in [0.2, 0.25) is 0 Å². The Kier molecular flexibility index (Phi) is 3.34. The zero-order valence-corrected chi connectivity index (χ0v) is 10.7. The normalized spacial score (nSPS) is 10.4. The molecule has 1 aromatic heterocycles. The van der Waals surface area contributed by atoms with Crippen molar-refractivity contribution in [3.63, 3.8) is 0 Å². The lowest BCUT2D eigenvalue weighted by Gasteiger charge is -2.11. The maximum atomic E-state index is 13.3. The maximum Gasteiger partial charge on any atom is 0.143 e. The van der Waals surface area contributed by atoms with Gasteiger partial charge in [-0.05, 0) is 32.0 Å². The molecule has 1 aromatic carbocycles. The average molecular weight is 267 g/mol. The Labute approximate surface area is 109 Å². The summed E-state index contributed by atoms with van der Waals surface area (Å²) in [6, 6.07) is 4.44. The largest absolute Gasteiger partial charge is 0.383 e. The van der Waals surface area contributed by atoms with Gasteiger partial charge < -0.3 is 11.1 Å². The molecule has 0 radical (unpaired) electrons. The van der Waals surface area contributed by atoms with Crippen molar-refractivity contribution in [1.82, 2.24) is 9.97 Å². The molecule has 1 heterocycles. The summed E-state index contributed by atoms with van der Waals surface area (Å²) in [4.78, 5) is 8.26. The molecule has 0 bridgehead atoms. The third-order valence-corrected chi connectivity index (χ3v) is 2.78. The standard InChI is InChI=1S/C12H12ClFN4/c1-6-11(15)16-7(2)17-12(6)18-8-3-4-9(13)10(14)5-8/h3-5H,1-2H3,(H3,15,16,17,18). The molecule has 0 aliphatic rings. The predicted octanol–water partition coefficient (Wildman–Crippen LogP) is 3.21. The molecule has 0 aliphatic carbocycles. The highest BCUT2D eigenvalue weighted by Crippen LogP contribution is 2.24. The number of benzene rings is 1. The van der Waals surface area contributed by atoms with Gasteiger partial charge in [-0.3, -0.25) is 0 Å². The van der Waals surface area contributed by atoms with E-state index in [4.69, 9.17) is 17.3 Å². The first-order valence-electron chi connectivity index (χ1n) is 5.30. The summed E-state index contributed by atoms with van der Waals surface area (Å²) >= 11 is 5.62. The fourth-order valence-corrected chi connectivity index (χ4v) is 1.60. The summed E-state index contributed by atoms with van der Waals surface area (Å²) in [5.41, 5.74) is 7.01. The topological polar surface area (TPSA) is 63.8 Å². The van der Waals surface area contributed by atoms with Crippen LogP contribution in [0.15, 0.2) is 18.2 Å². The van der Waals surface area contributed by atoms with Crippen molar-refractivity contribution < 1.29 is 4.39 Å². The van der Waals surface area contributed by atoms with Crippen LogP contribution in [-0.4, -0.2) is 9.97 Å². The van der Waals surface area contributed by atoms with Crippen LogP contribution in [0.5, 0.6) is 0 Å². The Morgan fingerprint density at radius 1 is 1.28 bits per heavy atom. The molecule has 3 N–H and O–H groups in total. The van der Waals surface area contributed by atoms with E-state index in [0.29, 0.717) is 23.1 Å². The van der Waals surface area contributed by atoms with Gasteiger partial charge in [-0.25, -0.2) is 14.4 Å². The highest BCUT2D eigenvalue weighted by atomic mass is 35.5. The predicted molar refractivity (Wildman–Crippen MR) is 70.6 cm³/mol. The number of nitrogens with zero attached hydrogens (tertiary/aromatic N) is 2. The second-order valence-electron chi connectivity index (χ2n) is 3.88. The van der Waals surface area contributed by atoms with E-state index in [-0.39, 0.29) is 5.02 Å². The van der Waals surface area contributed by atoms with Crippen molar-refractivity contribution >= 4 is 28.9 Å². The molecule has 0 amide bonds. The monoisotopic (exact) mass is 266 g/mol. The van der Waals surface area contributed by atoms with E-state index in [1.165, 1.54) is 12.1 Å². The van der Waals surface area contributed by atoms with E-state index < -0.39 is 5.82 Å². The molecule has 0 saturated carbocycles. The molecule has 0 spiro atoms. The van der Waals surface area contributed by atoms with Crippen LogP contribution in [-0.2, 0) is 0 Å². The van der Waals surface area contributed by atoms with E-state index in [1.807, 2.05) is 0 Å². The van der Waals surface area contributed by atoms with Gasteiger partial charge in [0.1, 0.15) is 23.3 Å². The fraction of sp³-hybridized carbons (Fsp3) is 0.167. The van der Waals surface area contributed by atoms with Crippen LogP contribution in [0.1, 0.15) is 11.4 Å². The molecule has 18 heavy (non-hydrogen) atoms. The first kappa shape index (κ1) is 12.6. The van der Waals surface area contributed by atoms with Crippen LogP contribution < -0.4 is 11.1 Å². The van der Waals surface area contributed by atoms with Gasteiger partial charge in [0.05, 0.1) is 5.02 Å². The van der Waals surface area contributed by atoms with Crippen molar-refractivity contribution in [2.24, 2.45) is 0 Å². The minimum absolute atomic E-state index is 0.0793. The van der Waals surface area contributed by atoms with Crippen LogP contribution in [0.4, 0.5) is 21.7 Å². The summed E-state index contributed by atoms with van der Waals surface area (Å²) < 4.78 is 13.3. The second-order valence-corrected chi connectivity index (χ2v) is 4.29. The van der Waals surface area contributed by atoms with E-state index in [0.717, 1.165) is 5.56 Å². The average Bonchev–Trinajstić information content (AvgIpc) is 2.30. The minimum Gasteiger partial charge on any atom is -0.383 e. The lowest BCUT2D eigenvalue weighted by Crippen LogP contribution is -2.05. The minimum atomic E-state index is -0.488. The fourth-order valence-electron chi connectivity index (χ4n) is 1.48. The quantitative estimate of drug-likeness (QED) is 0.876. The molecule has 0 aliphatic heterocycles. The third kappa shape index (κ3) is 2.51. The number of aromatic nitrogens is 2. The number of rotatable bonds is 2. The van der Waals surface area contributed by atoms with Crippen LogP contribution in [0.25, 0.3) is 0 Å². The van der Waals surface area contributed by atoms with E-state index in [2.05, 4.69) is 15.3 Å². The molecule has 6 heteroatoms. The number of aryl methyl sites for hydroxylation is 1. The van der Waals surface area contributed by atoms with Gasteiger partial charge in [0, 0.05) is 11.3 Å². The van der Waals surface area contributed by atoms with E-state index >= 15 is 0 Å². The van der Waals surface area contributed by atoms with Crippen LogP contribution >= 0.6 is 11.6 Å². The van der Waals surface area contributed by atoms with Crippen molar-refractivity contribution in [3.05, 3.63) is 40.4 Å². The van der Waals surface area contributed by atoms with Gasteiger partial charge in [-0.15, -0.1) is 0 Å². The van der Waals surface area contributed by atoms with Crippen molar-refractivity contribution in [2.45, 2.75) is 13.8 Å². The Balaban J connectivity index is 2.36. The maximum absolute atomic E-state index is 13.3. The number of hydrogen-bond donors (Lipinski definition) is 2. The lowest BCUT2D eigenvalue weighted by atomic mass is 10.2. The number of hydrogen-bond acceptors (Lipinski definition) is 4. The van der Waals surface area contributed by atoms with E-state index in [9.17, 15) is 4.39 Å². The number of nitrogen functional groups attached to an aromatic ring is 1. The molecular formula is C12H12ClFN4. The Morgan fingerprint density at radius 3 is 2.67 bits per heavy atom. The number of halogens is 2. The van der Waals surface area contributed by atoms with Gasteiger partial charge in [0.15, 0.2) is 0 Å². The summed E-state index contributed by atoms with van der Waals surface area (Å²) in [6.07, 6.45) is 0. The summed E-state index contributed by atoms with van der Waals surface area (Å²) in [7, 11) is 0. The summed E-state index contributed by atoms with van der Waals surface area (Å²) in [6.45, 7) is 3.53. The van der Waals surface area contributed by atoms with Gasteiger partial charge >= 0.3 is 0 Å². The number of anilines is 3. The van der Waals surface area contributed by atoms with Crippen molar-refractivity contribution in [2.75, 3.05) is 11.1 Å².